The molecule has 0 saturated heterocycles. The van der Waals surface area contributed by atoms with Crippen LogP contribution >= 0.6 is 0 Å². The van der Waals surface area contributed by atoms with E-state index in [1.54, 1.807) is 0 Å². The van der Waals surface area contributed by atoms with E-state index in [9.17, 15) is 0 Å². The molecule has 5 heavy (non-hydrogen) atoms. The molecule has 0 unspecified atom stereocenters. The van der Waals surface area contributed by atoms with E-state index in [0.29, 0.717) is 0 Å². The molecule has 0 atom stereocenters. The van der Waals surface area contributed by atoms with Crippen molar-refractivity contribution in [2.45, 2.75) is 0 Å². The Morgan fingerprint density at radius 2 is 0.400 bits per heavy atom. The van der Waals surface area contributed by atoms with Crippen molar-refractivity contribution in [2.24, 2.45) is 0 Å². The van der Waals surface area contributed by atoms with Gasteiger partial charge in [-0.1, -0.05) is 0 Å². The molecule has 0 aliphatic rings. The fourth-order valence-electron chi connectivity index (χ4n) is 0. The normalized spacial score (nSPS) is 0. The van der Waals surface area contributed by atoms with E-state index in [1.807, 2.05) is 0 Å². The second-order valence-corrected chi connectivity index (χ2v) is 0. The van der Waals surface area contributed by atoms with E-state index in [1.165, 1.54) is 0 Å². The Kier molecular flexibility index (Phi) is 184. The van der Waals surface area contributed by atoms with Crippen LogP contribution in [0.2, 0.25) is 0 Å². The van der Waals surface area contributed by atoms with Gasteiger partial charge in [-0.25, -0.2) is 0 Å². The predicted molar refractivity (Wildman–Crippen MR) is 17.1 cm³/mol. The molecule has 0 aromatic heterocycles. The van der Waals surface area contributed by atoms with Crippen molar-refractivity contribution in [1.29, 1.82) is 0 Å². The third kappa shape index (κ3) is 18.2. The van der Waals surface area contributed by atoms with Gasteiger partial charge in [0.05, 0.1) is 0 Å². The first-order valence-corrected chi connectivity index (χ1v) is 0. The number of rotatable bonds is 0. The zero-order valence-electron chi connectivity index (χ0n) is 2.32. The molecule has 0 heterocycles. The van der Waals surface area contributed by atoms with Gasteiger partial charge < -0.3 is 0 Å². The van der Waals surface area contributed by atoms with Crippen LogP contribution in [0.15, 0.2) is 0 Å². The van der Waals surface area contributed by atoms with Crippen molar-refractivity contribution in [3.63, 3.8) is 0 Å². The summed E-state index contributed by atoms with van der Waals surface area (Å²) in [5, 5.41) is 0. The van der Waals surface area contributed by atoms with Gasteiger partial charge in [-0.2, -0.15) is 0 Å². The molecule has 0 bridgehead atoms. The second-order valence-electron chi connectivity index (χ2n) is 0. The third-order valence-corrected chi connectivity index (χ3v) is 0. The summed E-state index contributed by atoms with van der Waals surface area (Å²) in [6, 6.07) is 0. The average Bonchev–Trinajstić information content (AvgIpc) is 0. The predicted octanol–water partition coefficient (Wildman–Crippen LogP) is -1.84. The standard InChI is InChI=1S/3Au.2Sn.4H. The van der Waals surface area contributed by atoms with Crippen LogP contribution < -0.4 is 0 Å². The quantitative estimate of drug-likeness (QED) is 0.253. The van der Waals surface area contributed by atoms with Gasteiger partial charge in [0, 0.05) is 67.1 Å². The molecule has 0 amide bonds. The Bertz CT molecular complexity index is 4.85. The molecule has 0 rings (SSSR count). The summed E-state index contributed by atoms with van der Waals surface area (Å²) < 4.78 is 0. The third-order valence-electron chi connectivity index (χ3n) is 0. The summed E-state index contributed by atoms with van der Waals surface area (Å²) in [6.45, 7) is 0. The first kappa shape index (κ1) is 37.0. The van der Waals surface area contributed by atoms with E-state index >= 15 is 0 Å². The molecule has 0 aromatic carbocycles. The molecule has 0 fully saturated rings. The van der Waals surface area contributed by atoms with Crippen LogP contribution in [0.1, 0.15) is 0 Å². The van der Waals surface area contributed by atoms with Crippen molar-refractivity contribution >= 4 is 47.8 Å². The average molecular weight is 832 g/mol. The Morgan fingerprint density at radius 1 is 0.400 bits per heavy atom. The first-order valence-electron chi connectivity index (χ1n) is 0. The van der Waals surface area contributed by atoms with Crippen molar-refractivity contribution < 1.29 is 67.1 Å². The number of hydrogen-bond donors (Lipinski definition) is 0. The van der Waals surface area contributed by atoms with E-state index in [2.05, 4.69) is 0 Å². The van der Waals surface area contributed by atoms with Crippen LogP contribution in [-0.2, 0) is 67.1 Å². The van der Waals surface area contributed by atoms with Gasteiger partial charge in [-0.15, -0.1) is 0 Å². The van der Waals surface area contributed by atoms with Crippen LogP contribution in [-0.4, -0.2) is 47.8 Å². The molecule has 0 spiro atoms. The molecule has 7 radical (unpaired) electrons. The summed E-state index contributed by atoms with van der Waals surface area (Å²) >= 11 is 0. The molecule has 0 nitrogen and oxygen atoms in total. The van der Waals surface area contributed by atoms with Gasteiger partial charge in [-0.3, -0.25) is 0 Å². The summed E-state index contributed by atoms with van der Waals surface area (Å²) in [5.41, 5.74) is 0. The van der Waals surface area contributed by atoms with E-state index in [-0.39, 0.29) is 115 Å². The minimum atomic E-state index is 0. The van der Waals surface area contributed by atoms with E-state index < -0.39 is 0 Å². The molecule has 45 valence electrons. The Balaban J connectivity index is 0. The van der Waals surface area contributed by atoms with Crippen LogP contribution in [0.5, 0.6) is 0 Å². The second kappa shape index (κ2) is 24.9. The molecular formula is H4Au3Sn2. The van der Waals surface area contributed by atoms with Gasteiger partial charge in [0.1, 0.15) is 0 Å². The Hall–Kier alpha value is 3.82. The minimum absolute atomic E-state index is 0. The first-order chi connectivity index (χ1) is 0. The Morgan fingerprint density at radius 3 is 0.400 bits per heavy atom. The maximum absolute atomic E-state index is 0. The molecule has 0 N–H and O–H groups in total. The molecule has 0 aromatic rings. The van der Waals surface area contributed by atoms with Crippen molar-refractivity contribution in [1.82, 2.24) is 0 Å². The van der Waals surface area contributed by atoms with Crippen LogP contribution in [0.3, 0.4) is 0 Å². The van der Waals surface area contributed by atoms with Gasteiger partial charge in [0.2, 0.25) is 0 Å². The zero-order chi connectivity index (χ0) is 0. The number of hydrogen-bond acceptors (Lipinski definition) is 0. The molecule has 0 aliphatic carbocycles. The van der Waals surface area contributed by atoms with Crippen molar-refractivity contribution in [2.75, 3.05) is 0 Å². The van der Waals surface area contributed by atoms with Crippen LogP contribution in [0, 0.1) is 0 Å². The molecule has 0 aliphatic heterocycles. The van der Waals surface area contributed by atoms with Gasteiger partial charge >= 0.3 is 47.8 Å². The Labute approximate surface area is 112 Å². The van der Waals surface area contributed by atoms with Gasteiger partial charge in [-0.05, 0) is 0 Å². The fourth-order valence-corrected chi connectivity index (χ4v) is 0. The van der Waals surface area contributed by atoms with Gasteiger partial charge in [0.15, 0.2) is 0 Å². The van der Waals surface area contributed by atoms with Crippen molar-refractivity contribution in [3.8, 4) is 0 Å². The summed E-state index contributed by atoms with van der Waals surface area (Å²) in [4.78, 5) is 0. The van der Waals surface area contributed by atoms with Gasteiger partial charge in [0.25, 0.3) is 0 Å². The monoisotopic (exact) mass is 835 g/mol. The van der Waals surface area contributed by atoms with Crippen LogP contribution in [0.25, 0.3) is 0 Å². The summed E-state index contributed by atoms with van der Waals surface area (Å²) in [6.07, 6.45) is 0. The SMILES string of the molecule is [Au].[Au].[Au].[SnH2].[SnH2]. The fraction of sp³-hybridized carbons (Fsp3) is 0. The molecule has 0 saturated carbocycles. The summed E-state index contributed by atoms with van der Waals surface area (Å²) in [7, 11) is 0. The topological polar surface area (TPSA) is 0 Å². The zero-order valence-corrected chi connectivity index (χ0v) is 16.9. The molecule has 5 heteroatoms. The van der Waals surface area contributed by atoms with E-state index in [0.717, 1.165) is 0 Å². The van der Waals surface area contributed by atoms with Crippen LogP contribution in [0.4, 0.5) is 0 Å². The van der Waals surface area contributed by atoms with E-state index in [4.69, 9.17) is 0 Å². The maximum atomic E-state index is 0. The molecular weight excluding hydrogens is 828 g/mol. The summed E-state index contributed by atoms with van der Waals surface area (Å²) in [5.74, 6) is 0. The van der Waals surface area contributed by atoms with Crippen molar-refractivity contribution in [3.05, 3.63) is 0 Å².